The zero-order valence-corrected chi connectivity index (χ0v) is 18.6. The molecule has 0 bridgehead atoms. The molecule has 1 heterocycles. The maximum Gasteiger partial charge on any atom is 0.252 e. The number of benzene rings is 2. The van der Waals surface area contributed by atoms with Crippen LogP contribution >= 0.6 is 11.6 Å². The van der Waals surface area contributed by atoms with Crippen LogP contribution in [0.5, 0.6) is 0 Å². The molecule has 8 heteroatoms. The number of hydrogen-bond acceptors (Lipinski definition) is 4. The van der Waals surface area contributed by atoms with Crippen molar-refractivity contribution in [2.45, 2.75) is 26.8 Å². The van der Waals surface area contributed by atoms with Gasteiger partial charge in [-0.05, 0) is 42.7 Å². The Morgan fingerprint density at radius 3 is 2.55 bits per heavy atom. The number of aryl methyl sites for hydroxylation is 1. The van der Waals surface area contributed by atoms with Gasteiger partial charge in [0, 0.05) is 24.3 Å². The van der Waals surface area contributed by atoms with Crippen molar-refractivity contribution in [3.8, 4) is 0 Å². The van der Waals surface area contributed by atoms with Crippen molar-refractivity contribution in [1.82, 2.24) is 10.6 Å². The Morgan fingerprint density at radius 2 is 1.90 bits per heavy atom. The first kappa shape index (κ1) is 22.6. The molecule has 3 amide bonds. The van der Waals surface area contributed by atoms with Gasteiger partial charge in [-0.3, -0.25) is 14.4 Å². The SMILES string of the molecule is Cc1ccccc1C(=O)NC(C(=O)Nc1ccc(N2CCNC(=O)C2)c(Cl)c1)C(C)C. The molecule has 0 spiro atoms. The van der Waals surface area contributed by atoms with Gasteiger partial charge in [0.15, 0.2) is 0 Å². The third-order valence-corrected chi connectivity index (χ3v) is 5.52. The molecule has 0 aromatic heterocycles. The second kappa shape index (κ2) is 9.83. The Morgan fingerprint density at radius 1 is 1.16 bits per heavy atom. The number of carbonyl (C=O) groups excluding carboxylic acids is 3. The fraction of sp³-hybridized carbons (Fsp3) is 0.348. The highest BCUT2D eigenvalue weighted by atomic mass is 35.5. The normalized spacial score (nSPS) is 14.7. The smallest absolute Gasteiger partial charge is 0.252 e. The molecule has 1 aliphatic heterocycles. The number of piperazine rings is 1. The third-order valence-electron chi connectivity index (χ3n) is 5.22. The van der Waals surface area contributed by atoms with Crippen LogP contribution in [0.4, 0.5) is 11.4 Å². The maximum atomic E-state index is 12.9. The number of nitrogens with one attached hydrogen (secondary N) is 3. The quantitative estimate of drug-likeness (QED) is 0.641. The maximum absolute atomic E-state index is 12.9. The van der Waals surface area contributed by atoms with Crippen molar-refractivity contribution in [3.63, 3.8) is 0 Å². The molecular weight excluding hydrogens is 416 g/mol. The minimum atomic E-state index is -0.712. The molecule has 1 saturated heterocycles. The number of rotatable bonds is 6. The van der Waals surface area contributed by atoms with E-state index in [4.69, 9.17) is 11.6 Å². The first-order valence-electron chi connectivity index (χ1n) is 10.2. The van der Waals surface area contributed by atoms with E-state index in [1.807, 2.05) is 37.8 Å². The van der Waals surface area contributed by atoms with Gasteiger partial charge in [0.05, 0.1) is 17.3 Å². The summed E-state index contributed by atoms with van der Waals surface area (Å²) in [6, 6.07) is 11.7. The summed E-state index contributed by atoms with van der Waals surface area (Å²) in [4.78, 5) is 39.1. The molecule has 1 atom stereocenters. The van der Waals surface area contributed by atoms with Crippen molar-refractivity contribution < 1.29 is 14.4 Å². The Kier molecular flexibility index (Phi) is 7.17. The molecule has 2 aromatic rings. The number of hydrogen-bond donors (Lipinski definition) is 3. The monoisotopic (exact) mass is 442 g/mol. The van der Waals surface area contributed by atoms with Gasteiger partial charge in [-0.25, -0.2) is 0 Å². The van der Waals surface area contributed by atoms with Gasteiger partial charge in [0.1, 0.15) is 6.04 Å². The summed E-state index contributed by atoms with van der Waals surface area (Å²) in [6.07, 6.45) is 0. The van der Waals surface area contributed by atoms with Gasteiger partial charge in [-0.15, -0.1) is 0 Å². The average molecular weight is 443 g/mol. The van der Waals surface area contributed by atoms with Crippen molar-refractivity contribution >= 4 is 40.7 Å². The van der Waals surface area contributed by atoms with E-state index in [1.54, 1.807) is 30.3 Å². The highest BCUT2D eigenvalue weighted by Crippen LogP contribution is 2.29. The van der Waals surface area contributed by atoms with Crippen LogP contribution in [0.15, 0.2) is 42.5 Å². The topological polar surface area (TPSA) is 90.5 Å². The number of amides is 3. The fourth-order valence-electron chi connectivity index (χ4n) is 3.49. The molecule has 0 aliphatic carbocycles. The van der Waals surface area contributed by atoms with Crippen LogP contribution in [0.1, 0.15) is 29.8 Å². The highest BCUT2D eigenvalue weighted by molar-refractivity contribution is 6.33. The van der Waals surface area contributed by atoms with E-state index in [1.165, 1.54) is 0 Å². The average Bonchev–Trinajstić information content (AvgIpc) is 2.72. The van der Waals surface area contributed by atoms with Crippen LogP contribution < -0.4 is 20.9 Å². The minimum Gasteiger partial charge on any atom is -0.359 e. The van der Waals surface area contributed by atoms with E-state index >= 15 is 0 Å². The van der Waals surface area contributed by atoms with Crippen LogP contribution in [0.2, 0.25) is 5.02 Å². The fourth-order valence-corrected chi connectivity index (χ4v) is 3.79. The van der Waals surface area contributed by atoms with Crippen molar-refractivity contribution in [3.05, 3.63) is 58.6 Å². The number of carbonyl (C=O) groups is 3. The van der Waals surface area contributed by atoms with Gasteiger partial charge in [-0.2, -0.15) is 0 Å². The minimum absolute atomic E-state index is 0.0520. The van der Waals surface area contributed by atoms with E-state index in [-0.39, 0.29) is 30.2 Å². The van der Waals surface area contributed by atoms with Crippen LogP contribution in [0.25, 0.3) is 0 Å². The first-order chi connectivity index (χ1) is 14.8. The van der Waals surface area contributed by atoms with Gasteiger partial charge in [0.25, 0.3) is 5.91 Å². The molecule has 31 heavy (non-hydrogen) atoms. The first-order valence-corrected chi connectivity index (χ1v) is 10.6. The van der Waals surface area contributed by atoms with Crippen molar-refractivity contribution in [2.24, 2.45) is 5.92 Å². The van der Waals surface area contributed by atoms with Crippen LogP contribution in [-0.2, 0) is 9.59 Å². The standard InChI is InChI=1S/C23H27ClN4O3/c1-14(2)21(27-22(30)17-7-5-4-6-15(17)3)23(31)26-16-8-9-19(18(24)12-16)28-11-10-25-20(29)13-28/h4-9,12,14,21H,10-11,13H2,1-3H3,(H,25,29)(H,26,31)(H,27,30). The molecule has 7 nitrogen and oxygen atoms in total. The molecular formula is C23H27ClN4O3. The zero-order valence-electron chi connectivity index (χ0n) is 17.9. The summed E-state index contributed by atoms with van der Waals surface area (Å²) in [7, 11) is 0. The molecule has 3 N–H and O–H groups in total. The number of nitrogens with zero attached hydrogens (tertiary/aromatic N) is 1. The molecule has 2 aromatic carbocycles. The van der Waals surface area contributed by atoms with Crippen LogP contribution in [0.3, 0.4) is 0 Å². The largest absolute Gasteiger partial charge is 0.359 e. The highest BCUT2D eigenvalue weighted by Gasteiger charge is 2.26. The summed E-state index contributed by atoms with van der Waals surface area (Å²) >= 11 is 6.42. The lowest BCUT2D eigenvalue weighted by Crippen LogP contribution is -2.48. The van der Waals surface area contributed by atoms with Crippen molar-refractivity contribution in [1.29, 1.82) is 0 Å². The van der Waals surface area contributed by atoms with E-state index in [9.17, 15) is 14.4 Å². The van der Waals surface area contributed by atoms with E-state index in [0.29, 0.717) is 29.4 Å². The zero-order chi connectivity index (χ0) is 22.5. The molecule has 1 aliphatic rings. The molecule has 164 valence electrons. The van der Waals surface area contributed by atoms with Gasteiger partial charge < -0.3 is 20.9 Å². The Bertz CT molecular complexity index is 993. The predicted molar refractivity (Wildman–Crippen MR) is 123 cm³/mol. The van der Waals surface area contributed by atoms with Crippen LogP contribution in [0, 0.1) is 12.8 Å². The second-order valence-corrected chi connectivity index (χ2v) is 8.34. The Labute approximate surface area is 187 Å². The lowest BCUT2D eigenvalue weighted by Gasteiger charge is -2.29. The second-order valence-electron chi connectivity index (χ2n) is 7.94. The van der Waals surface area contributed by atoms with E-state index in [2.05, 4.69) is 16.0 Å². The Hall–Kier alpha value is -3.06. The van der Waals surface area contributed by atoms with E-state index < -0.39 is 6.04 Å². The summed E-state index contributed by atoms with van der Waals surface area (Å²) in [5, 5.41) is 8.90. The predicted octanol–water partition coefficient (Wildman–Crippen LogP) is 2.98. The summed E-state index contributed by atoms with van der Waals surface area (Å²) in [5.74, 6) is -0.778. The Balaban J connectivity index is 1.70. The number of halogens is 1. The lowest BCUT2D eigenvalue weighted by atomic mass is 10.0. The molecule has 0 saturated carbocycles. The molecule has 1 fully saturated rings. The van der Waals surface area contributed by atoms with Gasteiger partial charge >= 0.3 is 0 Å². The molecule has 0 radical (unpaired) electrons. The van der Waals surface area contributed by atoms with Crippen LogP contribution in [-0.4, -0.2) is 43.4 Å². The van der Waals surface area contributed by atoms with E-state index in [0.717, 1.165) is 11.3 Å². The van der Waals surface area contributed by atoms with Gasteiger partial charge in [-0.1, -0.05) is 43.6 Å². The lowest BCUT2D eigenvalue weighted by molar-refractivity contribution is -0.120. The van der Waals surface area contributed by atoms with Crippen molar-refractivity contribution in [2.75, 3.05) is 29.9 Å². The number of anilines is 2. The molecule has 1 unspecified atom stereocenters. The summed E-state index contributed by atoms with van der Waals surface area (Å²) in [5.41, 5.74) is 2.65. The summed E-state index contributed by atoms with van der Waals surface area (Å²) in [6.45, 7) is 7.07. The third kappa shape index (κ3) is 5.55. The van der Waals surface area contributed by atoms with Gasteiger partial charge in [0.2, 0.25) is 11.8 Å². The molecule has 3 rings (SSSR count). The summed E-state index contributed by atoms with van der Waals surface area (Å²) < 4.78 is 0.